The Bertz CT molecular complexity index is 671. The summed E-state index contributed by atoms with van der Waals surface area (Å²) in [6, 6.07) is 12.8. The molecule has 1 heterocycles. The number of esters is 1. The molecule has 0 aliphatic rings. The third kappa shape index (κ3) is 5.54. The monoisotopic (exact) mass is 349 g/mol. The fraction of sp³-hybridized carbons (Fsp3) is 0.188. The van der Waals surface area contributed by atoms with E-state index in [1.807, 2.05) is 30.3 Å². The second kappa shape index (κ2) is 8.50. The predicted molar refractivity (Wildman–Crippen MR) is 89.5 cm³/mol. The first-order chi connectivity index (χ1) is 11.1. The van der Waals surface area contributed by atoms with Gasteiger partial charge in [-0.3, -0.25) is 19.7 Å². The van der Waals surface area contributed by atoms with Crippen LogP contribution in [0.3, 0.4) is 0 Å². The highest BCUT2D eigenvalue weighted by molar-refractivity contribution is 8.00. The van der Waals surface area contributed by atoms with Crippen molar-refractivity contribution in [2.24, 2.45) is 0 Å². The third-order valence-electron chi connectivity index (χ3n) is 2.73. The molecule has 0 fully saturated rings. The van der Waals surface area contributed by atoms with Gasteiger partial charge in [-0.2, -0.15) is 0 Å². The van der Waals surface area contributed by atoms with Crippen molar-refractivity contribution in [3.8, 4) is 0 Å². The van der Waals surface area contributed by atoms with E-state index in [0.29, 0.717) is 4.88 Å². The Kier molecular flexibility index (Phi) is 6.37. The number of thioether (sulfide) groups is 1. The number of nitrogens with one attached hydrogen (secondary N) is 1. The zero-order valence-corrected chi connectivity index (χ0v) is 14.0. The highest BCUT2D eigenvalue weighted by Crippen LogP contribution is 2.23. The van der Waals surface area contributed by atoms with Gasteiger partial charge in [0.2, 0.25) is 0 Å². The summed E-state index contributed by atoms with van der Waals surface area (Å²) in [5.74, 6) is -1.64. The molecule has 23 heavy (non-hydrogen) atoms. The number of thiophene rings is 1. The van der Waals surface area contributed by atoms with Gasteiger partial charge in [0, 0.05) is 4.90 Å². The number of amides is 2. The number of benzene rings is 1. The van der Waals surface area contributed by atoms with Crippen molar-refractivity contribution in [1.29, 1.82) is 0 Å². The largest absolute Gasteiger partial charge is 0.455 e. The number of hydrogen-bond donors (Lipinski definition) is 1. The summed E-state index contributed by atoms with van der Waals surface area (Å²) < 4.78 is 4.94. The highest BCUT2D eigenvalue weighted by Gasteiger charge is 2.18. The van der Waals surface area contributed by atoms with Gasteiger partial charge < -0.3 is 4.74 Å². The number of imide groups is 1. The molecular formula is C16H15NO4S2. The number of ether oxygens (including phenoxy) is 1. The first-order valence-corrected chi connectivity index (χ1v) is 8.58. The minimum Gasteiger partial charge on any atom is -0.455 e. The summed E-state index contributed by atoms with van der Waals surface area (Å²) in [5, 5.41) is 3.47. The minimum absolute atomic E-state index is 0.428. The molecule has 1 aromatic carbocycles. The van der Waals surface area contributed by atoms with Crippen LogP contribution in [0, 0.1) is 0 Å². The van der Waals surface area contributed by atoms with Gasteiger partial charge >= 0.3 is 5.97 Å². The topological polar surface area (TPSA) is 72.5 Å². The fourth-order valence-electron chi connectivity index (χ4n) is 1.64. The lowest BCUT2D eigenvalue weighted by molar-refractivity contribution is -0.147. The van der Waals surface area contributed by atoms with E-state index in [1.165, 1.54) is 23.1 Å². The second-order valence-corrected chi connectivity index (χ2v) is 6.90. The van der Waals surface area contributed by atoms with Gasteiger partial charge in [0.15, 0.2) is 6.61 Å². The van der Waals surface area contributed by atoms with Crippen LogP contribution in [0.2, 0.25) is 0 Å². The SMILES string of the molecule is C[C@@H](Sc1ccccc1)C(=O)OCC(=O)NC(=O)c1cccs1. The molecule has 1 aromatic heterocycles. The molecule has 5 nitrogen and oxygen atoms in total. The number of carbonyl (C=O) groups excluding carboxylic acids is 3. The van der Waals surface area contributed by atoms with E-state index < -0.39 is 29.6 Å². The highest BCUT2D eigenvalue weighted by atomic mass is 32.2. The molecule has 0 aliphatic heterocycles. The van der Waals surface area contributed by atoms with Crippen LogP contribution in [0.5, 0.6) is 0 Å². The van der Waals surface area contributed by atoms with Crippen LogP contribution in [-0.4, -0.2) is 29.6 Å². The summed E-state index contributed by atoms with van der Waals surface area (Å²) in [7, 11) is 0. The standard InChI is InChI=1S/C16H15NO4S2/c1-11(23-12-6-3-2-4-7-12)16(20)21-10-14(18)17-15(19)13-8-5-9-22-13/h2-9,11H,10H2,1H3,(H,17,18,19)/t11-/m1/s1. The zero-order chi connectivity index (χ0) is 16.7. The van der Waals surface area contributed by atoms with E-state index in [0.717, 1.165) is 4.90 Å². The van der Waals surface area contributed by atoms with Gasteiger partial charge in [-0.1, -0.05) is 24.3 Å². The molecule has 7 heteroatoms. The fourth-order valence-corrected chi connectivity index (χ4v) is 3.14. The summed E-state index contributed by atoms with van der Waals surface area (Å²) in [6.07, 6.45) is 0. The third-order valence-corrected chi connectivity index (χ3v) is 4.69. The predicted octanol–water partition coefficient (Wildman–Crippen LogP) is 2.73. The first kappa shape index (κ1) is 17.2. The molecule has 1 N–H and O–H groups in total. The van der Waals surface area contributed by atoms with Gasteiger partial charge in [0.05, 0.1) is 4.88 Å². The Balaban J connectivity index is 1.75. The normalized spacial score (nSPS) is 11.5. The van der Waals surface area contributed by atoms with E-state index >= 15 is 0 Å². The van der Waals surface area contributed by atoms with Crippen molar-refractivity contribution in [3.63, 3.8) is 0 Å². The first-order valence-electron chi connectivity index (χ1n) is 6.82. The second-order valence-electron chi connectivity index (χ2n) is 4.54. The molecule has 0 unspecified atom stereocenters. The van der Waals surface area contributed by atoms with Gasteiger partial charge in [0.1, 0.15) is 5.25 Å². The van der Waals surface area contributed by atoms with Gasteiger partial charge in [-0.15, -0.1) is 23.1 Å². The summed E-state index contributed by atoms with van der Waals surface area (Å²) in [6.45, 7) is 1.23. The molecular weight excluding hydrogens is 334 g/mol. The van der Waals surface area contributed by atoms with E-state index in [9.17, 15) is 14.4 Å². The average Bonchev–Trinajstić information content (AvgIpc) is 3.08. The Morgan fingerprint density at radius 1 is 1.17 bits per heavy atom. The molecule has 1 atom stereocenters. The van der Waals surface area contributed by atoms with Crippen molar-refractivity contribution in [3.05, 3.63) is 52.7 Å². The van der Waals surface area contributed by atoms with E-state index in [1.54, 1.807) is 24.4 Å². The lowest BCUT2D eigenvalue weighted by Gasteiger charge is -2.11. The Morgan fingerprint density at radius 3 is 2.57 bits per heavy atom. The molecule has 2 amide bonds. The Morgan fingerprint density at radius 2 is 1.91 bits per heavy atom. The average molecular weight is 349 g/mol. The maximum Gasteiger partial charge on any atom is 0.319 e. The van der Waals surface area contributed by atoms with E-state index in [-0.39, 0.29) is 0 Å². The lowest BCUT2D eigenvalue weighted by Crippen LogP contribution is -2.34. The maximum atomic E-state index is 11.9. The van der Waals surface area contributed by atoms with Crippen LogP contribution < -0.4 is 5.32 Å². The van der Waals surface area contributed by atoms with Crippen molar-refractivity contribution in [2.45, 2.75) is 17.1 Å². The number of rotatable bonds is 6. The molecule has 0 saturated heterocycles. The zero-order valence-electron chi connectivity index (χ0n) is 12.4. The molecule has 0 spiro atoms. The van der Waals surface area contributed by atoms with Gasteiger partial charge in [-0.05, 0) is 30.5 Å². The molecule has 2 aromatic rings. The Hall–Kier alpha value is -2.12. The van der Waals surface area contributed by atoms with Crippen molar-refractivity contribution >= 4 is 40.9 Å². The minimum atomic E-state index is -0.645. The van der Waals surface area contributed by atoms with Crippen LogP contribution in [-0.2, 0) is 14.3 Å². The van der Waals surface area contributed by atoms with E-state index in [4.69, 9.17) is 4.74 Å². The van der Waals surface area contributed by atoms with Crippen molar-refractivity contribution in [2.75, 3.05) is 6.61 Å². The van der Waals surface area contributed by atoms with Crippen LogP contribution in [0.25, 0.3) is 0 Å². The van der Waals surface area contributed by atoms with Crippen LogP contribution >= 0.6 is 23.1 Å². The summed E-state index contributed by atoms with van der Waals surface area (Å²) in [5.41, 5.74) is 0. The summed E-state index contributed by atoms with van der Waals surface area (Å²) >= 11 is 2.57. The van der Waals surface area contributed by atoms with Crippen molar-refractivity contribution in [1.82, 2.24) is 5.32 Å². The smallest absolute Gasteiger partial charge is 0.319 e. The molecule has 2 rings (SSSR count). The Labute approximate surface area is 142 Å². The molecule has 0 saturated carbocycles. The van der Waals surface area contributed by atoms with Gasteiger partial charge in [-0.25, -0.2) is 0 Å². The number of carbonyl (C=O) groups is 3. The lowest BCUT2D eigenvalue weighted by atomic mass is 10.4. The molecule has 0 bridgehead atoms. The van der Waals surface area contributed by atoms with Crippen LogP contribution in [0.4, 0.5) is 0 Å². The van der Waals surface area contributed by atoms with Gasteiger partial charge in [0.25, 0.3) is 11.8 Å². The molecule has 0 aliphatic carbocycles. The quantitative estimate of drug-likeness (QED) is 0.641. The molecule has 120 valence electrons. The van der Waals surface area contributed by atoms with Crippen molar-refractivity contribution < 1.29 is 19.1 Å². The maximum absolute atomic E-state index is 11.9. The molecule has 0 radical (unpaired) electrons. The summed E-state index contributed by atoms with van der Waals surface area (Å²) in [4.78, 5) is 36.5. The number of hydrogen-bond acceptors (Lipinski definition) is 6. The van der Waals surface area contributed by atoms with E-state index in [2.05, 4.69) is 5.32 Å². The van der Waals surface area contributed by atoms with Crippen LogP contribution in [0.1, 0.15) is 16.6 Å². The van der Waals surface area contributed by atoms with Crippen LogP contribution in [0.15, 0.2) is 52.7 Å².